The molecule has 17 heavy (non-hydrogen) atoms. The van der Waals surface area contributed by atoms with Gasteiger partial charge in [-0.25, -0.2) is 0 Å². The van der Waals surface area contributed by atoms with Gasteiger partial charge in [0.05, 0.1) is 6.61 Å². The Hall–Kier alpha value is -0.860. The predicted molar refractivity (Wildman–Crippen MR) is 76.3 cm³/mol. The minimum absolute atomic E-state index is 0.744. The zero-order valence-electron chi connectivity index (χ0n) is 11.7. The number of nitrogens with zero attached hydrogens (tertiary/aromatic N) is 1. The van der Waals surface area contributed by atoms with Crippen LogP contribution in [0.5, 0.6) is 0 Å². The molecule has 0 N–H and O–H groups in total. The Balaban J connectivity index is 3.50. The Morgan fingerprint density at radius 2 is 2.06 bits per heavy atom. The lowest BCUT2D eigenvalue weighted by Gasteiger charge is -2.09. The summed E-state index contributed by atoms with van der Waals surface area (Å²) in [4.78, 5) is 2.17. The van der Waals surface area contributed by atoms with Gasteiger partial charge in [0, 0.05) is 6.61 Å². The molecule has 0 aromatic heterocycles. The molecule has 0 saturated heterocycles. The molecule has 0 aliphatic carbocycles. The van der Waals surface area contributed by atoms with E-state index in [1.165, 1.54) is 5.57 Å². The summed E-state index contributed by atoms with van der Waals surface area (Å²) in [5.41, 5.74) is 2.40. The molecule has 0 aliphatic heterocycles. The second-order valence-corrected chi connectivity index (χ2v) is 4.66. The number of rotatable bonds is 10. The molecule has 0 heterocycles. The molecule has 0 rings (SSSR count). The van der Waals surface area contributed by atoms with E-state index in [-0.39, 0.29) is 0 Å². The fraction of sp³-hybridized carbons (Fsp3) is 0.600. The van der Waals surface area contributed by atoms with Crippen molar-refractivity contribution in [3.63, 3.8) is 0 Å². The molecule has 0 atom stereocenters. The largest absolute Gasteiger partial charge is 0.377 e. The number of allylic oxidation sites excluding steroid dienone is 3. The first-order valence-corrected chi connectivity index (χ1v) is 6.24. The van der Waals surface area contributed by atoms with Crippen molar-refractivity contribution in [1.29, 1.82) is 0 Å². The standard InChI is InChI=1S/C15H27NO/c1-6-14(2)9-7-10-15(3)13-17-12-8-11-16(4)5/h6,10H,1-2,7-9,11-13H2,3-5H3/b15-10+. The summed E-state index contributed by atoms with van der Waals surface area (Å²) in [7, 11) is 4.16. The minimum atomic E-state index is 0.744. The lowest BCUT2D eigenvalue weighted by molar-refractivity contribution is 0.146. The molecular weight excluding hydrogens is 210 g/mol. The summed E-state index contributed by atoms with van der Waals surface area (Å²) in [5, 5.41) is 0. The van der Waals surface area contributed by atoms with Gasteiger partial charge >= 0.3 is 0 Å². The van der Waals surface area contributed by atoms with Crippen molar-refractivity contribution in [3.8, 4) is 0 Å². The highest BCUT2D eigenvalue weighted by Gasteiger charge is 1.93. The molecule has 0 saturated carbocycles. The number of hydrogen-bond donors (Lipinski definition) is 0. The first-order valence-electron chi connectivity index (χ1n) is 6.24. The van der Waals surface area contributed by atoms with Crippen LogP contribution < -0.4 is 0 Å². The van der Waals surface area contributed by atoms with Crippen LogP contribution in [0.1, 0.15) is 26.2 Å². The lowest BCUT2D eigenvalue weighted by atomic mass is 10.1. The van der Waals surface area contributed by atoms with Gasteiger partial charge in [-0.15, -0.1) is 0 Å². The van der Waals surface area contributed by atoms with Gasteiger partial charge in [-0.3, -0.25) is 0 Å². The Morgan fingerprint density at radius 1 is 1.35 bits per heavy atom. The van der Waals surface area contributed by atoms with E-state index in [4.69, 9.17) is 4.74 Å². The average molecular weight is 237 g/mol. The molecule has 0 bridgehead atoms. The minimum Gasteiger partial charge on any atom is -0.377 e. The fourth-order valence-electron chi connectivity index (χ4n) is 1.38. The predicted octanol–water partition coefficient (Wildman–Crippen LogP) is 3.42. The zero-order chi connectivity index (χ0) is 13.1. The van der Waals surface area contributed by atoms with Crippen molar-refractivity contribution in [3.05, 3.63) is 36.5 Å². The average Bonchev–Trinajstić information content (AvgIpc) is 2.27. The van der Waals surface area contributed by atoms with Crippen LogP contribution in [0.3, 0.4) is 0 Å². The molecule has 0 unspecified atom stereocenters. The van der Waals surface area contributed by atoms with Gasteiger partial charge in [0.1, 0.15) is 0 Å². The number of ether oxygens (including phenoxy) is 1. The Bertz CT molecular complexity index is 254. The van der Waals surface area contributed by atoms with Gasteiger partial charge in [-0.1, -0.05) is 36.5 Å². The fourth-order valence-corrected chi connectivity index (χ4v) is 1.38. The van der Waals surface area contributed by atoms with E-state index >= 15 is 0 Å². The van der Waals surface area contributed by atoms with Crippen molar-refractivity contribution in [1.82, 2.24) is 4.90 Å². The highest BCUT2D eigenvalue weighted by molar-refractivity contribution is 5.12. The summed E-state index contributed by atoms with van der Waals surface area (Å²) < 4.78 is 5.59. The molecule has 2 heteroatoms. The molecule has 98 valence electrons. The van der Waals surface area contributed by atoms with E-state index in [2.05, 4.69) is 45.2 Å². The SMILES string of the molecule is C=CC(=C)CC/C=C(\C)COCCCN(C)C. The topological polar surface area (TPSA) is 12.5 Å². The maximum atomic E-state index is 5.59. The molecule has 0 amide bonds. The van der Waals surface area contributed by atoms with Crippen molar-refractivity contribution in [2.75, 3.05) is 33.9 Å². The third-order valence-corrected chi connectivity index (χ3v) is 2.47. The third kappa shape index (κ3) is 11.4. The lowest BCUT2D eigenvalue weighted by Crippen LogP contribution is -2.15. The van der Waals surface area contributed by atoms with E-state index in [1.807, 2.05) is 6.08 Å². The Labute approximate surface area is 107 Å². The smallest absolute Gasteiger partial charge is 0.0674 e. The molecule has 0 aromatic rings. The van der Waals surface area contributed by atoms with Gasteiger partial charge < -0.3 is 9.64 Å². The molecule has 0 fully saturated rings. The van der Waals surface area contributed by atoms with E-state index in [1.54, 1.807) is 0 Å². The van der Waals surface area contributed by atoms with Gasteiger partial charge in [-0.2, -0.15) is 0 Å². The van der Waals surface area contributed by atoms with Gasteiger partial charge in [0.25, 0.3) is 0 Å². The molecule has 0 aliphatic rings. The van der Waals surface area contributed by atoms with Crippen LogP contribution in [-0.4, -0.2) is 38.8 Å². The van der Waals surface area contributed by atoms with E-state index in [0.717, 1.165) is 44.6 Å². The van der Waals surface area contributed by atoms with Gasteiger partial charge in [0.15, 0.2) is 0 Å². The van der Waals surface area contributed by atoms with Crippen LogP contribution >= 0.6 is 0 Å². The Kier molecular flexibility index (Phi) is 9.78. The third-order valence-electron chi connectivity index (χ3n) is 2.47. The molecule has 0 aromatic carbocycles. The molecule has 2 nitrogen and oxygen atoms in total. The highest BCUT2D eigenvalue weighted by Crippen LogP contribution is 2.06. The first kappa shape index (κ1) is 16.1. The van der Waals surface area contributed by atoms with Crippen LogP contribution in [0.2, 0.25) is 0 Å². The van der Waals surface area contributed by atoms with Crippen molar-refractivity contribution >= 4 is 0 Å². The van der Waals surface area contributed by atoms with Crippen molar-refractivity contribution in [2.24, 2.45) is 0 Å². The van der Waals surface area contributed by atoms with E-state index in [9.17, 15) is 0 Å². The Morgan fingerprint density at radius 3 is 2.65 bits per heavy atom. The van der Waals surface area contributed by atoms with Crippen molar-refractivity contribution in [2.45, 2.75) is 26.2 Å². The quantitative estimate of drug-likeness (QED) is 0.328. The second kappa shape index (κ2) is 10.3. The maximum absolute atomic E-state index is 5.59. The summed E-state index contributed by atoms with van der Waals surface area (Å²) in [6.45, 7) is 12.4. The second-order valence-electron chi connectivity index (χ2n) is 4.66. The highest BCUT2D eigenvalue weighted by atomic mass is 16.5. The molecule has 0 spiro atoms. The van der Waals surface area contributed by atoms with Crippen LogP contribution in [-0.2, 0) is 4.74 Å². The summed E-state index contributed by atoms with van der Waals surface area (Å²) in [6, 6.07) is 0. The van der Waals surface area contributed by atoms with Crippen LogP contribution in [0.15, 0.2) is 36.5 Å². The van der Waals surface area contributed by atoms with Crippen LogP contribution in [0.25, 0.3) is 0 Å². The normalized spacial score (nSPS) is 11.9. The summed E-state index contributed by atoms with van der Waals surface area (Å²) >= 11 is 0. The molecule has 0 radical (unpaired) electrons. The van der Waals surface area contributed by atoms with Gasteiger partial charge in [-0.05, 0) is 46.8 Å². The van der Waals surface area contributed by atoms with E-state index < -0.39 is 0 Å². The monoisotopic (exact) mass is 237 g/mol. The van der Waals surface area contributed by atoms with E-state index in [0.29, 0.717) is 0 Å². The maximum Gasteiger partial charge on any atom is 0.0674 e. The van der Waals surface area contributed by atoms with Crippen LogP contribution in [0, 0.1) is 0 Å². The first-order chi connectivity index (χ1) is 8.06. The zero-order valence-corrected chi connectivity index (χ0v) is 11.7. The number of hydrogen-bond acceptors (Lipinski definition) is 2. The van der Waals surface area contributed by atoms with Gasteiger partial charge in [0.2, 0.25) is 0 Å². The molecular formula is C15H27NO. The summed E-state index contributed by atoms with van der Waals surface area (Å²) in [6.07, 6.45) is 7.15. The van der Waals surface area contributed by atoms with Crippen LogP contribution in [0.4, 0.5) is 0 Å². The summed E-state index contributed by atoms with van der Waals surface area (Å²) in [5.74, 6) is 0. The van der Waals surface area contributed by atoms with Crippen molar-refractivity contribution < 1.29 is 4.74 Å².